The zero-order chi connectivity index (χ0) is 15.0. The van der Waals surface area contributed by atoms with Gasteiger partial charge in [-0.1, -0.05) is 30.3 Å². The lowest BCUT2D eigenvalue weighted by Gasteiger charge is -2.06. The second-order valence-electron chi connectivity index (χ2n) is 4.00. The van der Waals surface area contributed by atoms with Gasteiger partial charge in [-0.3, -0.25) is 9.59 Å². The molecule has 0 amide bonds. The summed E-state index contributed by atoms with van der Waals surface area (Å²) in [6, 6.07) is 8.98. The molecular formula is C15H16O5. The van der Waals surface area contributed by atoms with E-state index in [1.54, 1.807) is 24.3 Å². The van der Waals surface area contributed by atoms with Crippen molar-refractivity contribution >= 4 is 23.8 Å². The van der Waals surface area contributed by atoms with Gasteiger partial charge in [0.1, 0.15) is 18.8 Å². The maximum Gasteiger partial charge on any atom is 0.341 e. The molecule has 0 aromatic heterocycles. The summed E-state index contributed by atoms with van der Waals surface area (Å²) < 4.78 is 9.51. The van der Waals surface area contributed by atoms with Gasteiger partial charge in [-0.2, -0.15) is 0 Å². The Morgan fingerprint density at radius 2 is 1.60 bits per heavy atom. The van der Waals surface area contributed by atoms with Gasteiger partial charge in [-0.05, 0) is 18.6 Å². The monoisotopic (exact) mass is 276 g/mol. The number of benzene rings is 1. The highest BCUT2D eigenvalue weighted by atomic mass is 16.6. The molecule has 0 aliphatic carbocycles. The fourth-order valence-electron chi connectivity index (χ4n) is 1.42. The third-order valence-corrected chi connectivity index (χ3v) is 2.33. The Balaban J connectivity index is 2.67. The highest BCUT2D eigenvalue weighted by molar-refractivity contribution is 6.19. The average Bonchev–Trinajstić information content (AvgIpc) is 2.41. The van der Waals surface area contributed by atoms with Crippen LogP contribution in [0, 0.1) is 0 Å². The van der Waals surface area contributed by atoms with E-state index in [0.29, 0.717) is 0 Å². The lowest BCUT2D eigenvalue weighted by Crippen LogP contribution is -2.17. The zero-order valence-electron chi connectivity index (χ0n) is 11.4. The van der Waals surface area contributed by atoms with Gasteiger partial charge < -0.3 is 9.47 Å². The van der Waals surface area contributed by atoms with Gasteiger partial charge >= 0.3 is 11.9 Å². The summed E-state index contributed by atoms with van der Waals surface area (Å²) in [5.74, 6) is -1.56. The van der Waals surface area contributed by atoms with Crippen molar-refractivity contribution in [3.8, 4) is 0 Å². The summed E-state index contributed by atoms with van der Waals surface area (Å²) in [4.78, 5) is 33.8. The minimum Gasteiger partial charge on any atom is -0.462 e. The largest absolute Gasteiger partial charge is 0.462 e. The van der Waals surface area contributed by atoms with Gasteiger partial charge in [0.15, 0.2) is 5.78 Å². The second-order valence-corrected chi connectivity index (χ2v) is 4.00. The Morgan fingerprint density at radius 3 is 2.15 bits per heavy atom. The topological polar surface area (TPSA) is 69.7 Å². The zero-order valence-corrected chi connectivity index (χ0v) is 11.4. The number of ether oxygens (including phenoxy) is 2. The summed E-state index contributed by atoms with van der Waals surface area (Å²) in [5, 5.41) is 0. The highest BCUT2D eigenvalue weighted by Gasteiger charge is 2.16. The first kappa shape index (κ1) is 15.6. The maximum atomic E-state index is 11.8. The molecule has 0 saturated heterocycles. The third kappa shape index (κ3) is 5.48. The Morgan fingerprint density at radius 1 is 1.00 bits per heavy atom. The molecular weight excluding hydrogens is 260 g/mol. The summed E-state index contributed by atoms with van der Waals surface area (Å²) in [6.45, 7) is 2.44. The van der Waals surface area contributed by atoms with Crippen molar-refractivity contribution in [1.82, 2.24) is 0 Å². The molecule has 0 N–H and O–H groups in total. The number of rotatable bonds is 6. The fraction of sp³-hybridized carbons (Fsp3) is 0.267. The van der Waals surface area contributed by atoms with Gasteiger partial charge in [0, 0.05) is 6.92 Å². The summed E-state index contributed by atoms with van der Waals surface area (Å²) >= 11 is 0. The molecule has 0 radical (unpaired) electrons. The number of carbonyl (C=O) groups is 3. The molecule has 20 heavy (non-hydrogen) atoms. The van der Waals surface area contributed by atoms with Crippen molar-refractivity contribution in [2.75, 3.05) is 13.2 Å². The van der Waals surface area contributed by atoms with Crippen LogP contribution in [0.5, 0.6) is 0 Å². The van der Waals surface area contributed by atoms with E-state index in [1.807, 2.05) is 6.07 Å². The van der Waals surface area contributed by atoms with Crippen LogP contribution in [0.25, 0.3) is 6.08 Å². The van der Waals surface area contributed by atoms with Gasteiger partial charge in [0.05, 0.1) is 0 Å². The van der Waals surface area contributed by atoms with Gasteiger partial charge in [0.25, 0.3) is 0 Å². The normalized spacial score (nSPS) is 10.8. The Labute approximate surface area is 117 Å². The van der Waals surface area contributed by atoms with E-state index >= 15 is 0 Å². The third-order valence-electron chi connectivity index (χ3n) is 2.33. The quantitative estimate of drug-likeness (QED) is 0.260. The molecule has 106 valence electrons. The lowest BCUT2D eigenvalue weighted by atomic mass is 10.1. The molecule has 0 unspecified atom stereocenters. The number of esters is 2. The van der Waals surface area contributed by atoms with E-state index < -0.39 is 11.9 Å². The first-order valence-corrected chi connectivity index (χ1v) is 6.09. The molecule has 0 aliphatic rings. The molecule has 1 rings (SSSR count). The number of hydrogen-bond acceptors (Lipinski definition) is 5. The van der Waals surface area contributed by atoms with Crippen LogP contribution in [0.3, 0.4) is 0 Å². The van der Waals surface area contributed by atoms with E-state index in [-0.39, 0.29) is 24.6 Å². The second kappa shape index (κ2) is 7.89. The lowest BCUT2D eigenvalue weighted by molar-refractivity contribution is -0.149. The molecule has 0 saturated carbocycles. The van der Waals surface area contributed by atoms with Crippen LogP contribution in [-0.4, -0.2) is 30.9 Å². The van der Waals surface area contributed by atoms with Crippen LogP contribution in [0.2, 0.25) is 0 Å². The highest BCUT2D eigenvalue weighted by Crippen LogP contribution is 2.09. The van der Waals surface area contributed by atoms with Gasteiger partial charge in [0.2, 0.25) is 0 Å². The van der Waals surface area contributed by atoms with E-state index in [2.05, 4.69) is 4.74 Å². The van der Waals surface area contributed by atoms with Gasteiger partial charge in [-0.15, -0.1) is 0 Å². The molecule has 5 nitrogen and oxygen atoms in total. The summed E-state index contributed by atoms with van der Waals surface area (Å²) in [6.07, 6.45) is 1.47. The molecule has 5 heteroatoms. The van der Waals surface area contributed by atoms with E-state index in [0.717, 1.165) is 5.56 Å². The first-order chi connectivity index (χ1) is 9.50. The van der Waals surface area contributed by atoms with Crippen LogP contribution in [0.4, 0.5) is 0 Å². The van der Waals surface area contributed by atoms with E-state index in [1.165, 1.54) is 19.9 Å². The van der Waals surface area contributed by atoms with E-state index in [9.17, 15) is 14.4 Å². The maximum absolute atomic E-state index is 11.8. The minimum absolute atomic E-state index is 0.0302. The van der Waals surface area contributed by atoms with Crippen LogP contribution in [0.15, 0.2) is 35.9 Å². The standard InChI is InChI=1S/C15H16O5/c1-11(16)14(10-13-6-4-3-5-7-13)15(18)20-9-8-19-12(2)17/h3-7,10H,8-9H2,1-2H3. The summed E-state index contributed by atoms with van der Waals surface area (Å²) in [7, 11) is 0. The average molecular weight is 276 g/mol. The molecule has 0 bridgehead atoms. The predicted octanol–water partition coefficient (Wildman–Crippen LogP) is 1.77. The Kier molecular flexibility index (Phi) is 6.16. The Bertz CT molecular complexity index is 516. The number of ketones is 1. The van der Waals surface area contributed by atoms with E-state index in [4.69, 9.17) is 4.74 Å². The van der Waals surface area contributed by atoms with Crippen LogP contribution < -0.4 is 0 Å². The predicted molar refractivity (Wildman–Crippen MR) is 72.7 cm³/mol. The smallest absolute Gasteiger partial charge is 0.341 e. The first-order valence-electron chi connectivity index (χ1n) is 6.09. The number of carbonyl (C=O) groups excluding carboxylic acids is 3. The molecule has 0 aliphatic heterocycles. The minimum atomic E-state index is -0.728. The Hall–Kier alpha value is -2.43. The molecule has 0 spiro atoms. The van der Waals surface area contributed by atoms with Gasteiger partial charge in [-0.25, -0.2) is 4.79 Å². The summed E-state index contributed by atoms with van der Waals surface area (Å²) in [5.41, 5.74) is 0.689. The number of hydrogen-bond donors (Lipinski definition) is 0. The van der Waals surface area contributed by atoms with Crippen molar-refractivity contribution in [2.24, 2.45) is 0 Å². The van der Waals surface area contributed by atoms with Crippen LogP contribution >= 0.6 is 0 Å². The SMILES string of the molecule is CC(=O)OCCOC(=O)C(=Cc1ccccc1)C(C)=O. The van der Waals surface area contributed by atoms with Crippen molar-refractivity contribution in [3.05, 3.63) is 41.5 Å². The molecule has 0 atom stereocenters. The van der Waals surface area contributed by atoms with Crippen LogP contribution in [0.1, 0.15) is 19.4 Å². The van der Waals surface area contributed by atoms with Crippen molar-refractivity contribution in [3.63, 3.8) is 0 Å². The van der Waals surface area contributed by atoms with Crippen molar-refractivity contribution < 1.29 is 23.9 Å². The van der Waals surface area contributed by atoms with Crippen LogP contribution in [-0.2, 0) is 23.9 Å². The van der Waals surface area contributed by atoms with Crippen molar-refractivity contribution in [1.29, 1.82) is 0 Å². The molecule has 0 heterocycles. The molecule has 0 fully saturated rings. The molecule has 1 aromatic rings. The fourth-order valence-corrected chi connectivity index (χ4v) is 1.42. The number of Topliss-reactive ketones (excluding diaryl/α,β-unsaturated/α-hetero) is 1. The molecule has 1 aromatic carbocycles. The van der Waals surface area contributed by atoms with Crippen molar-refractivity contribution in [2.45, 2.75) is 13.8 Å².